The number of likely N-dealkylation sites (tertiary alicyclic amines) is 1. The number of nitrogens with one attached hydrogen (secondary N) is 1. The van der Waals surface area contributed by atoms with Crippen molar-refractivity contribution in [2.75, 3.05) is 13.1 Å². The Bertz CT molecular complexity index is 928. The van der Waals surface area contributed by atoms with Gasteiger partial charge in [-0.15, -0.1) is 0 Å². The van der Waals surface area contributed by atoms with Crippen LogP contribution in [0.4, 0.5) is 4.39 Å². The van der Waals surface area contributed by atoms with Crippen molar-refractivity contribution < 1.29 is 18.7 Å². The first-order chi connectivity index (χ1) is 14.9. The highest BCUT2D eigenvalue weighted by molar-refractivity contribution is 5.94. The molecule has 1 amide bonds. The molecule has 1 aromatic heterocycles. The van der Waals surface area contributed by atoms with Crippen LogP contribution in [0.5, 0.6) is 0 Å². The Morgan fingerprint density at radius 1 is 1.16 bits per heavy atom. The number of halogens is 1. The van der Waals surface area contributed by atoms with E-state index in [1.807, 2.05) is 17.0 Å². The standard InChI is InChI=1S/C23H27FN4O3/c24-23-18(2-1-3-19(23)15-31-22(30)14-20(25)26)4-5-21(29)28-12-8-17(9-13-28)16-6-10-27-11-7-16/h1-3,6-7,10-11,17H,4-5,8-9,12-15H2,(H3,25,26). The van der Waals surface area contributed by atoms with Crippen LogP contribution in [0.2, 0.25) is 0 Å². The van der Waals surface area contributed by atoms with Crippen molar-refractivity contribution in [2.45, 2.75) is 44.6 Å². The molecular weight excluding hydrogens is 399 g/mol. The van der Waals surface area contributed by atoms with Gasteiger partial charge in [0.1, 0.15) is 24.7 Å². The zero-order valence-electron chi connectivity index (χ0n) is 17.4. The van der Waals surface area contributed by atoms with Crippen LogP contribution in [0.3, 0.4) is 0 Å². The third-order valence-electron chi connectivity index (χ3n) is 5.52. The molecule has 2 heterocycles. The Balaban J connectivity index is 1.49. The summed E-state index contributed by atoms with van der Waals surface area (Å²) in [5.41, 5.74) is 7.06. The second-order valence-corrected chi connectivity index (χ2v) is 7.69. The molecule has 3 N–H and O–H groups in total. The summed E-state index contributed by atoms with van der Waals surface area (Å²) in [5.74, 6) is -0.995. The number of carbonyl (C=O) groups is 2. The number of aryl methyl sites for hydroxylation is 1. The van der Waals surface area contributed by atoms with Crippen molar-refractivity contribution in [2.24, 2.45) is 5.73 Å². The zero-order chi connectivity index (χ0) is 22.2. The fourth-order valence-electron chi connectivity index (χ4n) is 3.80. The first-order valence-corrected chi connectivity index (χ1v) is 10.4. The highest BCUT2D eigenvalue weighted by atomic mass is 19.1. The molecule has 1 aliphatic rings. The number of nitrogens with zero attached hydrogens (tertiary/aromatic N) is 2. The SMILES string of the molecule is N=C(N)CC(=O)OCc1cccc(CCC(=O)N2CCC(c3ccncc3)CC2)c1F. The molecule has 164 valence electrons. The van der Waals surface area contributed by atoms with Gasteiger partial charge in [-0.2, -0.15) is 0 Å². The van der Waals surface area contributed by atoms with Gasteiger partial charge in [-0.1, -0.05) is 18.2 Å². The predicted molar refractivity (Wildman–Crippen MR) is 114 cm³/mol. The third-order valence-corrected chi connectivity index (χ3v) is 5.52. The summed E-state index contributed by atoms with van der Waals surface area (Å²) in [6.07, 6.45) is 5.58. The number of amidine groups is 1. The number of aromatic nitrogens is 1. The minimum Gasteiger partial charge on any atom is -0.460 e. The van der Waals surface area contributed by atoms with E-state index in [1.165, 1.54) is 11.6 Å². The molecule has 1 aromatic carbocycles. The number of benzene rings is 1. The monoisotopic (exact) mass is 426 g/mol. The number of esters is 1. The van der Waals surface area contributed by atoms with Gasteiger partial charge in [-0.25, -0.2) is 4.39 Å². The Kier molecular flexibility index (Phi) is 7.70. The van der Waals surface area contributed by atoms with E-state index in [1.54, 1.807) is 24.5 Å². The lowest BCUT2D eigenvalue weighted by atomic mass is 9.90. The second kappa shape index (κ2) is 10.7. The van der Waals surface area contributed by atoms with Gasteiger partial charge in [0.05, 0.1) is 0 Å². The normalized spacial score (nSPS) is 14.3. The van der Waals surface area contributed by atoms with Gasteiger partial charge in [-0.3, -0.25) is 20.0 Å². The molecule has 0 unspecified atom stereocenters. The maximum absolute atomic E-state index is 14.7. The number of pyridine rings is 1. The Hall–Kier alpha value is -3.29. The number of amides is 1. The summed E-state index contributed by atoms with van der Waals surface area (Å²) in [6, 6.07) is 8.90. The lowest BCUT2D eigenvalue weighted by Gasteiger charge is -2.32. The van der Waals surface area contributed by atoms with Gasteiger partial charge in [0.2, 0.25) is 5.91 Å². The molecule has 1 saturated heterocycles. The van der Waals surface area contributed by atoms with Crippen LogP contribution >= 0.6 is 0 Å². The number of hydrogen-bond donors (Lipinski definition) is 2. The van der Waals surface area contributed by atoms with E-state index in [-0.39, 0.29) is 43.2 Å². The molecule has 1 aliphatic heterocycles. The fraction of sp³-hybridized carbons (Fsp3) is 0.391. The van der Waals surface area contributed by atoms with Crippen LogP contribution in [0.1, 0.15) is 48.3 Å². The molecule has 31 heavy (non-hydrogen) atoms. The molecule has 2 aromatic rings. The van der Waals surface area contributed by atoms with Crippen molar-refractivity contribution in [1.29, 1.82) is 5.41 Å². The average molecular weight is 426 g/mol. The molecule has 3 rings (SSSR count). The minimum atomic E-state index is -0.678. The molecule has 7 nitrogen and oxygen atoms in total. The van der Waals surface area contributed by atoms with Gasteiger partial charge >= 0.3 is 5.97 Å². The van der Waals surface area contributed by atoms with Gasteiger partial charge < -0.3 is 15.4 Å². The van der Waals surface area contributed by atoms with Crippen molar-refractivity contribution in [3.05, 3.63) is 65.2 Å². The minimum absolute atomic E-state index is 0.0193. The molecule has 0 bridgehead atoms. The number of carbonyl (C=O) groups excluding carboxylic acids is 2. The first-order valence-electron chi connectivity index (χ1n) is 10.4. The molecule has 0 radical (unpaired) electrons. The molecule has 0 saturated carbocycles. The summed E-state index contributed by atoms with van der Waals surface area (Å²) in [5, 5.41) is 7.08. The number of nitrogens with two attached hydrogens (primary N) is 1. The van der Waals surface area contributed by atoms with Crippen LogP contribution in [-0.4, -0.2) is 40.7 Å². The quantitative estimate of drug-likeness (QED) is 0.383. The van der Waals surface area contributed by atoms with Crippen LogP contribution in [-0.2, 0) is 27.4 Å². The number of piperidine rings is 1. The zero-order valence-corrected chi connectivity index (χ0v) is 17.4. The fourth-order valence-corrected chi connectivity index (χ4v) is 3.80. The molecule has 8 heteroatoms. The Morgan fingerprint density at radius 2 is 1.84 bits per heavy atom. The topological polar surface area (TPSA) is 109 Å². The average Bonchev–Trinajstić information content (AvgIpc) is 2.77. The molecule has 0 spiro atoms. The van der Waals surface area contributed by atoms with E-state index in [2.05, 4.69) is 4.98 Å². The molecular formula is C23H27FN4O3. The van der Waals surface area contributed by atoms with E-state index in [0.29, 0.717) is 24.6 Å². The lowest BCUT2D eigenvalue weighted by molar-refractivity contribution is -0.143. The summed E-state index contributed by atoms with van der Waals surface area (Å²) >= 11 is 0. The third kappa shape index (κ3) is 6.34. The molecule has 0 atom stereocenters. The maximum Gasteiger partial charge on any atom is 0.313 e. The van der Waals surface area contributed by atoms with Gasteiger partial charge in [-0.05, 0) is 48.4 Å². The van der Waals surface area contributed by atoms with Gasteiger partial charge in [0.25, 0.3) is 0 Å². The summed E-state index contributed by atoms with van der Waals surface area (Å²) in [7, 11) is 0. The number of rotatable bonds is 8. The highest BCUT2D eigenvalue weighted by Crippen LogP contribution is 2.28. The Morgan fingerprint density at radius 3 is 2.52 bits per heavy atom. The Labute approximate surface area is 180 Å². The summed E-state index contributed by atoms with van der Waals surface area (Å²) in [4.78, 5) is 30.0. The first kappa shape index (κ1) is 22.4. The van der Waals surface area contributed by atoms with Crippen molar-refractivity contribution in [1.82, 2.24) is 9.88 Å². The maximum atomic E-state index is 14.7. The van der Waals surface area contributed by atoms with Crippen molar-refractivity contribution in [3.63, 3.8) is 0 Å². The molecule has 0 aliphatic carbocycles. The van der Waals surface area contributed by atoms with Crippen LogP contribution in [0, 0.1) is 11.2 Å². The molecule has 1 fully saturated rings. The van der Waals surface area contributed by atoms with E-state index >= 15 is 0 Å². The van der Waals surface area contributed by atoms with E-state index in [9.17, 15) is 14.0 Å². The van der Waals surface area contributed by atoms with Crippen molar-refractivity contribution in [3.8, 4) is 0 Å². The van der Waals surface area contributed by atoms with Gasteiger partial charge in [0, 0.05) is 37.5 Å². The number of ether oxygens (including phenoxy) is 1. The van der Waals surface area contributed by atoms with E-state index in [0.717, 1.165) is 12.8 Å². The van der Waals surface area contributed by atoms with Crippen LogP contribution in [0.15, 0.2) is 42.7 Å². The predicted octanol–water partition coefficient (Wildman–Crippen LogP) is 2.93. The van der Waals surface area contributed by atoms with E-state index in [4.69, 9.17) is 15.9 Å². The van der Waals surface area contributed by atoms with Crippen LogP contribution in [0.25, 0.3) is 0 Å². The number of hydrogen-bond acceptors (Lipinski definition) is 5. The highest BCUT2D eigenvalue weighted by Gasteiger charge is 2.24. The second-order valence-electron chi connectivity index (χ2n) is 7.69. The smallest absolute Gasteiger partial charge is 0.313 e. The van der Waals surface area contributed by atoms with Crippen LogP contribution < -0.4 is 5.73 Å². The van der Waals surface area contributed by atoms with E-state index < -0.39 is 11.8 Å². The van der Waals surface area contributed by atoms with Crippen molar-refractivity contribution >= 4 is 17.7 Å². The summed E-state index contributed by atoms with van der Waals surface area (Å²) in [6.45, 7) is 1.16. The van der Waals surface area contributed by atoms with Gasteiger partial charge in [0.15, 0.2) is 0 Å². The largest absolute Gasteiger partial charge is 0.460 e. The summed E-state index contributed by atoms with van der Waals surface area (Å²) < 4.78 is 19.7. The lowest BCUT2D eigenvalue weighted by Crippen LogP contribution is -2.38.